The smallest absolute Gasteiger partial charge is 0.408 e. The molecule has 1 rings (SSSR count). The van der Waals surface area contributed by atoms with E-state index in [4.69, 9.17) is 4.74 Å². The van der Waals surface area contributed by atoms with E-state index in [1.54, 1.807) is 0 Å². The number of carbonyl (C=O) groups excluding carboxylic acids is 1. The van der Waals surface area contributed by atoms with Gasteiger partial charge in [-0.15, -0.1) is 0 Å². The highest BCUT2D eigenvalue weighted by atomic mass is 16.6. The Morgan fingerprint density at radius 1 is 1.43 bits per heavy atom. The molecule has 1 saturated carbocycles. The summed E-state index contributed by atoms with van der Waals surface area (Å²) in [7, 11) is 0. The summed E-state index contributed by atoms with van der Waals surface area (Å²) in [6.45, 7) is 5.59. The fourth-order valence-electron chi connectivity index (χ4n) is 1.69. The maximum absolute atomic E-state index is 11.4. The zero-order valence-electron chi connectivity index (χ0n) is 9.30. The SMILES string of the molecule is CC(C)(C)OC(=O)N[C@@H]1CCC[C@@H]1[NH3+]. The number of carbonyl (C=O) groups is 1. The van der Waals surface area contributed by atoms with Gasteiger partial charge in [-0.1, -0.05) is 0 Å². The number of alkyl carbamates (subject to hydrolysis) is 1. The van der Waals surface area contributed by atoms with Crippen molar-refractivity contribution in [2.75, 3.05) is 0 Å². The van der Waals surface area contributed by atoms with Gasteiger partial charge in [0.2, 0.25) is 0 Å². The highest BCUT2D eigenvalue weighted by Crippen LogP contribution is 2.16. The third-order valence-corrected chi connectivity index (χ3v) is 2.36. The zero-order chi connectivity index (χ0) is 10.8. The molecule has 0 aromatic heterocycles. The Morgan fingerprint density at radius 3 is 2.50 bits per heavy atom. The van der Waals surface area contributed by atoms with Crippen LogP contribution in [0.3, 0.4) is 0 Å². The maximum atomic E-state index is 11.4. The van der Waals surface area contributed by atoms with Crippen molar-refractivity contribution in [2.24, 2.45) is 0 Å². The molecule has 0 bridgehead atoms. The minimum atomic E-state index is -0.417. The van der Waals surface area contributed by atoms with Crippen LogP contribution < -0.4 is 11.1 Å². The molecule has 0 heterocycles. The fourth-order valence-corrected chi connectivity index (χ4v) is 1.69. The van der Waals surface area contributed by atoms with E-state index in [2.05, 4.69) is 11.1 Å². The first-order valence-corrected chi connectivity index (χ1v) is 5.21. The van der Waals surface area contributed by atoms with Crippen LogP contribution in [-0.4, -0.2) is 23.8 Å². The van der Waals surface area contributed by atoms with Crippen LogP contribution in [0.2, 0.25) is 0 Å². The van der Waals surface area contributed by atoms with E-state index in [0.717, 1.165) is 19.3 Å². The molecular weight excluding hydrogens is 180 g/mol. The lowest BCUT2D eigenvalue weighted by Crippen LogP contribution is -2.67. The van der Waals surface area contributed by atoms with Gasteiger partial charge in [0, 0.05) is 6.42 Å². The number of hydrogen-bond donors (Lipinski definition) is 2. The van der Waals surface area contributed by atoms with E-state index < -0.39 is 5.60 Å². The molecule has 1 aliphatic rings. The molecule has 0 aromatic rings. The molecule has 82 valence electrons. The summed E-state index contributed by atoms with van der Waals surface area (Å²) in [5.74, 6) is 0. The number of hydrogen-bond acceptors (Lipinski definition) is 2. The Kier molecular flexibility index (Phi) is 3.37. The highest BCUT2D eigenvalue weighted by molar-refractivity contribution is 5.68. The lowest BCUT2D eigenvalue weighted by atomic mass is 10.2. The molecule has 0 aromatic carbocycles. The Morgan fingerprint density at radius 2 is 2.07 bits per heavy atom. The fraction of sp³-hybridized carbons (Fsp3) is 0.900. The normalized spacial score (nSPS) is 27.4. The lowest BCUT2D eigenvalue weighted by Gasteiger charge is -2.22. The van der Waals surface area contributed by atoms with Gasteiger partial charge in [0.15, 0.2) is 0 Å². The highest BCUT2D eigenvalue weighted by Gasteiger charge is 2.29. The number of quaternary nitrogens is 1. The van der Waals surface area contributed by atoms with Gasteiger partial charge in [-0.3, -0.25) is 0 Å². The molecule has 1 fully saturated rings. The monoisotopic (exact) mass is 201 g/mol. The van der Waals surface area contributed by atoms with Gasteiger partial charge >= 0.3 is 6.09 Å². The van der Waals surface area contributed by atoms with E-state index in [1.165, 1.54) is 0 Å². The number of nitrogens with one attached hydrogen (secondary N) is 1. The number of amides is 1. The van der Waals surface area contributed by atoms with Gasteiger partial charge < -0.3 is 15.8 Å². The molecule has 4 nitrogen and oxygen atoms in total. The molecule has 4 heteroatoms. The first-order chi connectivity index (χ1) is 6.38. The van der Waals surface area contributed by atoms with E-state index in [9.17, 15) is 4.79 Å². The first-order valence-electron chi connectivity index (χ1n) is 5.21. The zero-order valence-corrected chi connectivity index (χ0v) is 9.30. The Hall–Kier alpha value is -0.770. The van der Waals surface area contributed by atoms with Gasteiger partial charge in [0.05, 0.1) is 6.04 Å². The van der Waals surface area contributed by atoms with E-state index in [0.29, 0.717) is 6.04 Å². The first kappa shape index (κ1) is 11.3. The summed E-state index contributed by atoms with van der Waals surface area (Å²) in [6.07, 6.45) is 2.95. The number of rotatable bonds is 1. The van der Waals surface area contributed by atoms with E-state index >= 15 is 0 Å². The van der Waals surface area contributed by atoms with Gasteiger partial charge in [0.1, 0.15) is 11.6 Å². The summed E-state index contributed by atoms with van der Waals surface area (Å²) in [4.78, 5) is 11.4. The maximum Gasteiger partial charge on any atom is 0.408 e. The summed E-state index contributed by atoms with van der Waals surface area (Å²) >= 11 is 0. The van der Waals surface area contributed by atoms with E-state index in [-0.39, 0.29) is 12.1 Å². The third kappa shape index (κ3) is 3.54. The van der Waals surface area contributed by atoms with Crippen LogP contribution in [0.15, 0.2) is 0 Å². The summed E-state index contributed by atoms with van der Waals surface area (Å²) in [6, 6.07) is 0.535. The summed E-state index contributed by atoms with van der Waals surface area (Å²) in [5.41, 5.74) is 3.58. The van der Waals surface area contributed by atoms with Crippen molar-refractivity contribution >= 4 is 6.09 Å². The minimum Gasteiger partial charge on any atom is -0.444 e. The van der Waals surface area contributed by atoms with Crippen molar-refractivity contribution in [3.63, 3.8) is 0 Å². The molecular formula is C10H21N2O2+. The molecule has 14 heavy (non-hydrogen) atoms. The van der Waals surface area contributed by atoms with Crippen LogP contribution in [0.4, 0.5) is 4.79 Å². The second kappa shape index (κ2) is 4.17. The van der Waals surface area contributed by atoms with E-state index in [1.807, 2.05) is 20.8 Å². The quantitative estimate of drug-likeness (QED) is 0.655. The van der Waals surface area contributed by atoms with Crippen LogP contribution >= 0.6 is 0 Å². The van der Waals surface area contributed by atoms with Crippen LogP contribution in [0.25, 0.3) is 0 Å². The minimum absolute atomic E-state index is 0.199. The molecule has 0 spiro atoms. The van der Waals surface area contributed by atoms with Crippen molar-refractivity contribution in [1.29, 1.82) is 0 Å². The van der Waals surface area contributed by atoms with Gasteiger partial charge in [-0.2, -0.15) is 0 Å². The molecule has 2 atom stereocenters. The largest absolute Gasteiger partial charge is 0.444 e. The van der Waals surface area contributed by atoms with Gasteiger partial charge in [-0.05, 0) is 33.6 Å². The van der Waals surface area contributed by atoms with Gasteiger partial charge in [0.25, 0.3) is 0 Å². The topological polar surface area (TPSA) is 66.0 Å². The van der Waals surface area contributed by atoms with Crippen LogP contribution in [-0.2, 0) is 4.74 Å². The third-order valence-electron chi connectivity index (χ3n) is 2.36. The molecule has 1 aliphatic carbocycles. The van der Waals surface area contributed by atoms with Crippen molar-refractivity contribution < 1.29 is 15.3 Å². The molecule has 4 N–H and O–H groups in total. The Labute approximate surface area is 85.2 Å². The predicted octanol–water partition coefficient (Wildman–Crippen LogP) is 0.674. The standard InChI is InChI=1S/C10H20N2O2/c1-10(2,3)14-9(13)12-8-6-4-5-7(8)11/h7-8H,4-6,11H2,1-3H3,(H,12,13)/p+1/t7-,8+/m0/s1. The Bertz CT molecular complexity index is 211. The summed E-state index contributed by atoms with van der Waals surface area (Å²) in [5, 5.41) is 2.86. The van der Waals surface area contributed by atoms with Crippen LogP contribution in [0, 0.1) is 0 Å². The predicted molar refractivity (Wildman–Crippen MR) is 53.7 cm³/mol. The second-order valence-electron chi connectivity index (χ2n) is 4.94. The molecule has 1 amide bonds. The number of ether oxygens (including phenoxy) is 1. The van der Waals surface area contributed by atoms with Gasteiger partial charge in [-0.25, -0.2) is 4.79 Å². The van der Waals surface area contributed by atoms with Crippen molar-refractivity contribution in [2.45, 2.75) is 57.7 Å². The van der Waals surface area contributed by atoms with Crippen LogP contribution in [0.5, 0.6) is 0 Å². The molecule has 0 saturated heterocycles. The second-order valence-corrected chi connectivity index (χ2v) is 4.94. The van der Waals surface area contributed by atoms with Crippen molar-refractivity contribution in [3.05, 3.63) is 0 Å². The molecule has 0 unspecified atom stereocenters. The molecule has 0 radical (unpaired) electrons. The average Bonchev–Trinajstić information content (AvgIpc) is 2.32. The lowest BCUT2D eigenvalue weighted by molar-refractivity contribution is -0.421. The molecule has 0 aliphatic heterocycles. The average molecular weight is 201 g/mol. The van der Waals surface area contributed by atoms with Crippen molar-refractivity contribution in [3.8, 4) is 0 Å². The van der Waals surface area contributed by atoms with Crippen LogP contribution in [0.1, 0.15) is 40.0 Å². The van der Waals surface area contributed by atoms with Crippen molar-refractivity contribution in [1.82, 2.24) is 5.32 Å². The Balaban J connectivity index is 2.33. The summed E-state index contributed by atoms with van der Waals surface area (Å²) < 4.78 is 5.17.